The Hall–Kier alpha value is -1.17. The quantitative estimate of drug-likeness (QED) is 0.835. The van der Waals surface area contributed by atoms with Gasteiger partial charge in [-0.05, 0) is 15.9 Å². The molecule has 94 valence electrons. The van der Waals surface area contributed by atoms with Gasteiger partial charge >= 0.3 is 0 Å². The van der Waals surface area contributed by atoms with Crippen LogP contribution in [0.15, 0.2) is 10.7 Å². The molecule has 0 atom stereocenters. The lowest BCUT2D eigenvalue weighted by atomic mass is 10.3. The van der Waals surface area contributed by atoms with Gasteiger partial charge in [0.25, 0.3) is 0 Å². The normalized spacial score (nSPS) is 10.1. The van der Waals surface area contributed by atoms with Crippen LogP contribution in [0.2, 0.25) is 0 Å². The molecule has 0 radical (unpaired) electrons. The summed E-state index contributed by atoms with van der Waals surface area (Å²) in [5.41, 5.74) is 0. The molecule has 1 rings (SSSR count). The van der Waals surface area contributed by atoms with Crippen LogP contribution in [0.5, 0.6) is 0 Å². The van der Waals surface area contributed by atoms with Gasteiger partial charge in [-0.15, -0.1) is 0 Å². The van der Waals surface area contributed by atoms with Gasteiger partial charge in [0, 0.05) is 39.5 Å². The van der Waals surface area contributed by atoms with Crippen molar-refractivity contribution in [3.63, 3.8) is 0 Å². The summed E-state index contributed by atoms with van der Waals surface area (Å²) >= 11 is 3.36. The Morgan fingerprint density at radius 2 is 2.24 bits per heavy atom. The molecular formula is C11H17BrN4O. The Bertz CT molecular complexity index is 397. The van der Waals surface area contributed by atoms with Crippen LogP contribution in [0.4, 0.5) is 5.82 Å². The zero-order chi connectivity index (χ0) is 12.8. The van der Waals surface area contributed by atoms with Crippen molar-refractivity contribution in [1.29, 1.82) is 0 Å². The first-order valence-corrected chi connectivity index (χ1v) is 6.31. The molecule has 1 aromatic rings. The van der Waals surface area contributed by atoms with Crippen LogP contribution in [0.1, 0.15) is 19.2 Å². The number of carbonyl (C=O) groups is 1. The van der Waals surface area contributed by atoms with Crippen molar-refractivity contribution < 1.29 is 4.79 Å². The molecule has 0 fully saturated rings. The van der Waals surface area contributed by atoms with E-state index in [9.17, 15) is 4.79 Å². The number of halogens is 1. The van der Waals surface area contributed by atoms with E-state index in [0.717, 1.165) is 22.7 Å². The van der Waals surface area contributed by atoms with Crippen LogP contribution in [0.3, 0.4) is 0 Å². The summed E-state index contributed by atoms with van der Waals surface area (Å²) in [5, 5.41) is 2.60. The van der Waals surface area contributed by atoms with E-state index in [1.54, 1.807) is 7.05 Å². The minimum atomic E-state index is 0.0284. The van der Waals surface area contributed by atoms with Gasteiger partial charge in [-0.2, -0.15) is 0 Å². The number of aromatic nitrogens is 2. The third kappa shape index (κ3) is 4.30. The van der Waals surface area contributed by atoms with Crippen molar-refractivity contribution in [2.45, 2.75) is 19.8 Å². The Labute approximate surface area is 110 Å². The number of hydrogen-bond acceptors (Lipinski definition) is 4. The Balaban J connectivity index is 2.71. The Morgan fingerprint density at radius 3 is 2.82 bits per heavy atom. The van der Waals surface area contributed by atoms with Gasteiger partial charge < -0.3 is 10.2 Å². The summed E-state index contributed by atoms with van der Waals surface area (Å²) in [5.74, 6) is 1.65. The van der Waals surface area contributed by atoms with E-state index in [1.165, 1.54) is 0 Å². The van der Waals surface area contributed by atoms with Crippen LogP contribution in [-0.4, -0.2) is 36.5 Å². The number of aryl methyl sites for hydroxylation is 1. The predicted octanol–water partition coefficient (Wildman–Crippen LogP) is 1.37. The summed E-state index contributed by atoms with van der Waals surface area (Å²) in [7, 11) is 3.55. The highest BCUT2D eigenvalue weighted by molar-refractivity contribution is 9.10. The van der Waals surface area contributed by atoms with E-state index in [-0.39, 0.29) is 5.91 Å². The molecule has 0 aromatic carbocycles. The monoisotopic (exact) mass is 300 g/mol. The van der Waals surface area contributed by atoms with Crippen molar-refractivity contribution in [3.8, 4) is 0 Å². The van der Waals surface area contributed by atoms with Crippen molar-refractivity contribution in [2.75, 3.05) is 25.5 Å². The molecular weight excluding hydrogens is 284 g/mol. The molecule has 17 heavy (non-hydrogen) atoms. The second-order valence-electron chi connectivity index (χ2n) is 3.66. The van der Waals surface area contributed by atoms with Crippen LogP contribution in [-0.2, 0) is 11.2 Å². The topological polar surface area (TPSA) is 58.1 Å². The highest BCUT2D eigenvalue weighted by Crippen LogP contribution is 2.15. The van der Waals surface area contributed by atoms with Gasteiger partial charge in [0.15, 0.2) is 0 Å². The number of hydrogen-bond donors (Lipinski definition) is 1. The molecule has 1 heterocycles. The molecule has 1 amide bonds. The average Bonchev–Trinajstić information content (AvgIpc) is 2.34. The lowest BCUT2D eigenvalue weighted by Gasteiger charge is -2.18. The largest absolute Gasteiger partial charge is 0.359 e. The van der Waals surface area contributed by atoms with Gasteiger partial charge in [0.2, 0.25) is 5.91 Å². The van der Waals surface area contributed by atoms with Crippen molar-refractivity contribution in [1.82, 2.24) is 15.3 Å². The van der Waals surface area contributed by atoms with Crippen molar-refractivity contribution in [2.24, 2.45) is 0 Å². The second kappa shape index (κ2) is 6.54. The maximum absolute atomic E-state index is 11.2. The van der Waals surface area contributed by atoms with Crippen LogP contribution in [0, 0.1) is 0 Å². The predicted molar refractivity (Wildman–Crippen MR) is 71.1 cm³/mol. The molecule has 1 aromatic heterocycles. The van der Waals surface area contributed by atoms with E-state index in [4.69, 9.17) is 0 Å². The fraction of sp³-hybridized carbons (Fsp3) is 0.545. The first kappa shape index (κ1) is 13.9. The van der Waals surface area contributed by atoms with Crippen molar-refractivity contribution in [3.05, 3.63) is 16.5 Å². The summed E-state index contributed by atoms with van der Waals surface area (Å²) in [6, 6.07) is 1.85. The minimum Gasteiger partial charge on any atom is -0.359 e. The first-order chi connectivity index (χ1) is 8.06. The highest BCUT2D eigenvalue weighted by atomic mass is 79.9. The van der Waals surface area contributed by atoms with Crippen LogP contribution < -0.4 is 10.2 Å². The zero-order valence-corrected chi connectivity index (χ0v) is 11.9. The summed E-state index contributed by atoms with van der Waals surface area (Å²) in [6.45, 7) is 2.64. The molecule has 0 aliphatic carbocycles. The SMILES string of the molecule is CCc1nc(Br)cc(N(C)CCC(=O)NC)n1. The lowest BCUT2D eigenvalue weighted by Crippen LogP contribution is -2.27. The highest BCUT2D eigenvalue weighted by Gasteiger charge is 2.08. The smallest absolute Gasteiger partial charge is 0.221 e. The summed E-state index contributed by atoms with van der Waals surface area (Å²) in [4.78, 5) is 21.8. The van der Waals surface area contributed by atoms with Gasteiger partial charge in [0.05, 0.1) is 0 Å². The van der Waals surface area contributed by atoms with E-state index in [0.29, 0.717) is 13.0 Å². The van der Waals surface area contributed by atoms with Crippen LogP contribution in [0.25, 0.3) is 0 Å². The summed E-state index contributed by atoms with van der Waals surface area (Å²) < 4.78 is 0.770. The number of rotatable bonds is 5. The maximum atomic E-state index is 11.2. The fourth-order valence-corrected chi connectivity index (χ4v) is 1.72. The van der Waals surface area contributed by atoms with Gasteiger partial charge in [-0.3, -0.25) is 4.79 Å². The van der Waals surface area contributed by atoms with E-state index >= 15 is 0 Å². The molecule has 0 aliphatic heterocycles. The summed E-state index contributed by atoms with van der Waals surface area (Å²) in [6.07, 6.45) is 1.24. The fourth-order valence-electron chi connectivity index (χ4n) is 1.31. The molecule has 0 saturated carbocycles. The Kier molecular flexibility index (Phi) is 5.34. The number of carbonyl (C=O) groups excluding carboxylic acids is 1. The van der Waals surface area contributed by atoms with E-state index < -0.39 is 0 Å². The number of nitrogens with one attached hydrogen (secondary N) is 1. The molecule has 5 nitrogen and oxygen atoms in total. The van der Waals surface area contributed by atoms with E-state index in [1.807, 2.05) is 24.9 Å². The molecule has 0 aliphatic rings. The number of nitrogens with zero attached hydrogens (tertiary/aromatic N) is 3. The molecule has 1 N–H and O–H groups in total. The molecule has 6 heteroatoms. The molecule has 0 spiro atoms. The maximum Gasteiger partial charge on any atom is 0.221 e. The number of amides is 1. The third-order valence-corrected chi connectivity index (χ3v) is 2.79. The average molecular weight is 301 g/mol. The first-order valence-electron chi connectivity index (χ1n) is 5.52. The molecule has 0 unspecified atom stereocenters. The number of anilines is 1. The molecule has 0 saturated heterocycles. The molecule has 0 bridgehead atoms. The van der Waals surface area contributed by atoms with Gasteiger partial charge in [-0.25, -0.2) is 9.97 Å². The zero-order valence-electron chi connectivity index (χ0n) is 10.3. The van der Waals surface area contributed by atoms with Crippen LogP contribution >= 0.6 is 15.9 Å². The van der Waals surface area contributed by atoms with Gasteiger partial charge in [-0.1, -0.05) is 6.92 Å². The lowest BCUT2D eigenvalue weighted by molar-refractivity contribution is -0.120. The standard InChI is InChI=1S/C11H17BrN4O/c1-4-9-14-8(12)7-10(15-9)16(3)6-5-11(17)13-2/h7H,4-6H2,1-3H3,(H,13,17). The van der Waals surface area contributed by atoms with Crippen molar-refractivity contribution >= 4 is 27.7 Å². The minimum absolute atomic E-state index is 0.0284. The van der Waals surface area contributed by atoms with Gasteiger partial charge in [0.1, 0.15) is 16.2 Å². The third-order valence-electron chi connectivity index (χ3n) is 2.39. The second-order valence-corrected chi connectivity index (χ2v) is 4.48. The van der Waals surface area contributed by atoms with E-state index in [2.05, 4.69) is 31.2 Å². The Morgan fingerprint density at radius 1 is 1.53 bits per heavy atom.